The van der Waals surface area contributed by atoms with Crippen molar-refractivity contribution in [2.24, 2.45) is 17.6 Å². The zero-order chi connectivity index (χ0) is 14.7. The number of rotatable bonds is 3. The molecule has 108 valence electrons. The van der Waals surface area contributed by atoms with E-state index < -0.39 is 0 Å². The van der Waals surface area contributed by atoms with Crippen LogP contribution in [0.3, 0.4) is 0 Å². The van der Waals surface area contributed by atoms with Crippen LogP contribution in [0.15, 0.2) is 24.3 Å². The first-order valence-corrected chi connectivity index (χ1v) is 7.60. The number of carbonyl (C=O) groups excluding carboxylic acids is 1. The van der Waals surface area contributed by atoms with Gasteiger partial charge in [-0.25, -0.2) is 0 Å². The molecule has 20 heavy (non-hydrogen) atoms. The van der Waals surface area contributed by atoms with Crippen molar-refractivity contribution >= 4 is 23.1 Å². The summed E-state index contributed by atoms with van der Waals surface area (Å²) in [7, 11) is 0. The number of benzene rings is 1. The summed E-state index contributed by atoms with van der Waals surface area (Å²) in [5, 5.41) is 3.16. The van der Waals surface area contributed by atoms with Crippen molar-refractivity contribution in [1.29, 1.82) is 0 Å². The van der Waals surface area contributed by atoms with Crippen LogP contribution in [0.25, 0.3) is 0 Å². The lowest BCUT2D eigenvalue weighted by atomic mass is 9.78. The monoisotopic (exact) mass is 290 g/mol. The average molecular weight is 290 g/mol. The minimum atomic E-state index is -0.00885. The Morgan fingerprint density at radius 2 is 1.80 bits per heavy atom. The summed E-state index contributed by atoms with van der Waals surface area (Å²) in [5.41, 5.74) is 7.00. The Morgan fingerprint density at radius 3 is 2.40 bits per heavy atom. The van der Waals surface area contributed by atoms with E-state index in [-0.39, 0.29) is 11.9 Å². The zero-order valence-electron chi connectivity index (χ0n) is 12.1. The van der Waals surface area contributed by atoms with Crippen LogP contribution in [0.4, 0.5) is 0 Å². The van der Waals surface area contributed by atoms with Gasteiger partial charge in [-0.1, -0.05) is 51.0 Å². The van der Waals surface area contributed by atoms with Crippen molar-refractivity contribution < 1.29 is 4.79 Å². The Morgan fingerprint density at radius 1 is 1.20 bits per heavy atom. The summed E-state index contributed by atoms with van der Waals surface area (Å²) in [6, 6.07) is 7.43. The van der Waals surface area contributed by atoms with Gasteiger partial charge in [-0.3, -0.25) is 4.79 Å². The topological polar surface area (TPSA) is 55.1 Å². The molecule has 3 unspecified atom stereocenters. The van der Waals surface area contributed by atoms with Crippen LogP contribution in [-0.2, 0) is 0 Å². The van der Waals surface area contributed by atoms with Crippen LogP contribution in [0.5, 0.6) is 0 Å². The number of carbonyl (C=O) groups is 1. The zero-order valence-corrected chi connectivity index (χ0v) is 12.9. The quantitative estimate of drug-likeness (QED) is 0.842. The molecule has 3 nitrogen and oxygen atoms in total. The van der Waals surface area contributed by atoms with Gasteiger partial charge < -0.3 is 11.1 Å². The lowest BCUT2D eigenvalue weighted by molar-refractivity contribution is 0.0891. The van der Waals surface area contributed by atoms with E-state index in [1.54, 1.807) is 24.3 Å². The second-order valence-electron chi connectivity index (χ2n) is 5.79. The summed E-state index contributed by atoms with van der Waals surface area (Å²) in [6.45, 7) is 4.49. The molecular weight excluding hydrogens is 268 g/mol. The fraction of sp³-hybridized carbons (Fsp3) is 0.500. The molecule has 3 atom stereocenters. The summed E-state index contributed by atoms with van der Waals surface area (Å²) in [6.07, 6.45) is 3.52. The molecule has 0 aliphatic heterocycles. The first-order valence-electron chi connectivity index (χ1n) is 7.19. The van der Waals surface area contributed by atoms with Crippen molar-refractivity contribution in [3.05, 3.63) is 35.4 Å². The lowest BCUT2D eigenvalue weighted by Crippen LogP contribution is -2.43. The fourth-order valence-electron chi connectivity index (χ4n) is 2.82. The Balaban J connectivity index is 2.02. The molecule has 1 fully saturated rings. The van der Waals surface area contributed by atoms with Gasteiger partial charge in [0, 0.05) is 17.2 Å². The maximum Gasteiger partial charge on any atom is 0.251 e. The van der Waals surface area contributed by atoms with Crippen molar-refractivity contribution in [1.82, 2.24) is 5.32 Å². The number of nitrogens with two attached hydrogens (primary N) is 1. The summed E-state index contributed by atoms with van der Waals surface area (Å²) < 4.78 is 0. The molecule has 1 saturated carbocycles. The first-order chi connectivity index (χ1) is 9.49. The number of nitrogens with one attached hydrogen (secondary N) is 1. The smallest absolute Gasteiger partial charge is 0.251 e. The van der Waals surface area contributed by atoms with Crippen molar-refractivity contribution in [2.45, 2.75) is 39.2 Å². The highest BCUT2D eigenvalue weighted by Gasteiger charge is 2.28. The molecule has 0 heterocycles. The Hall–Kier alpha value is -1.42. The number of hydrogen-bond acceptors (Lipinski definition) is 2. The molecule has 0 aromatic heterocycles. The first kappa shape index (κ1) is 15.0. The number of hydrogen-bond donors (Lipinski definition) is 2. The average Bonchev–Trinajstić information content (AvgIpc) is 2.44. The molecule has 2 rings (SSSR count). The van der Waals surface area contributed by atoms with E-state index in [1.165, 1.54) is 12.8 Å². The van der Waals surface area contributed by atoms with Gasteiger partial charge in [-0.15, -0.1) is 0 Å². The number of thiocarbonyl (C=S) groups is 1. The Kier molecular flexibility index (Phi) is 4.76. The third-order valence-electron chi connectivity index (χ3n) is 4.45. The van der Waals surface area contributed by atoms with Crippen molar-refractivity contribution in [3.8, 4) is 0 Å². The molecule has 0 saturated heterocycles. The standard InChI is InChI=1S/C16H22N2OS/c1-10-4-3-5-14(11(10)2)18-16(19)13-8-6-12(7-9-13)15(17)20/h6-11,14H,3-5H2,1-2H3,(H2,17,20)(H,18,19). The van der Waals surface area contributed by atoms with Crippen LogP contribution >= 0.6 is 12.2 Å². The minimum Gasteiger partial charge on any atom is -0.389 e. The molecule has 1 aromatic rings. The predicted molar refractivity (Wildman–Crippen MR) is 85.8 cm³/mol. The van der Waals surface area contributed by atoms with Crippen LogP contribution < -0.4 is 11.1 Å². The van der Waals surface area contributed by atoms with E-state index in [2.05, 4.69) is 19.2 Å². The summed E-state index contributed by atoms with van der Waals surface area (Å²) >= 11 is 4.91. The predicted octanol–water partition coefficient (Wildman–Crippen LogP) is 2.88. The van der Waals surface area contributed by atoms with Gasteiger partial charge in [0.25, 0.3) is 5.91 Å². The summed E-state index contributed by atoms with van der Waals surface area (Å²) in [5.74, 6) is 1.19. The number of amides is 1. The third-order valence-corrected chi connectivity index (χ3v) is 4.69. The van der Waals surface area contributed by atoms with Gasteiger partial charge in [0.2, 0.25) is 0 Å². The van der Waals surface area contributed by atoms with E-state index in [0.717, 1.165) is 12.0 Å². The second-order valence-corrected chi connectivity index (χ2v) is 6.23. The molecule has 1 aliphatic rings. The van der Waals surface area contributed by atoms with Gasteiger partial charge in [0.1, 0.15) is 4.99 Å². The molecular formula is C16H22N2OS. The summed E-state index contributed by atoms with van der Waals surface area (Å²) in [4.78, 5) is 12.6. The van der Waals surface area contributed by atoms with E-state index >= 15 is 0 Å². The molecule has 0 radical (unpaired) electrons. The Labute approximate surface area is 125 Å². The SMILES string of the molecule is CC1CCCC(NC(=O)c2ccc(C(N)=S)cc2)C1C. The maximum atomic E-state index is 12.3. The molecule has 3 N–H and O–H groups in total. The van der Waals surface area contributed by atoms with E-state index in [4.69, 9.17) is 18.0 Å². The highest BCUT2D eigenvalue weighted by atomic mass is 32.1. The highest BCUT2D eigenvalue weighted by molar-refractivity contribution is 7.80. The molecule has 1 aliphatic carbocycles. The highest BCUT2D eigenvalue weighted by Crippen LogP contribution is 2.29. The lowest BCUT2D eigenvalue weighted by Gasteiger charge is -2.34. The molecule has 4 heteroatoms. The van der Waals surface area contributed by atoms with Gasteiger partial charge in [0.05, 0.1) is 0 Å². The van der Waals surface area contributed by atoms with E-state index in [1.807, 2.05) is 0 Å². The Bertz CT molecular complexity index is 498. The maximum absolute atomic E-state index is 12.3. The van der Waals surface area contributed by atoms with E-state index in [0.29, 0.717) is 22.4 Å². The van der Waals surface area contributed by atoms with Crippen LogP contribution in [0.2, 0.25) is 0 Å². The van der Waals surface area contributed by atoms with Gasteiger partial charge in [0.15, 0.2) is 0 Å². The molecule has 0 spiro atoms. The van der Waals surface area contributed by atoms with Crippen molar-refractivity contribution in [2.75, 3.05) is 0 Å². The van der Waals surface area contributed by atoms with Gasteiger partial charge >= 0.3 is 0 Å². The second kappa shape index (κ2) is 6.35. The van der Waals surface area contributed by atoms with Crippen LogP contribution in [0, 0.1) is 11.8 Å². The normalized spacial score (nSPS) is 26.0. The van der Waals surface area contributed by atoms with Crippen LogP contribution in [0.1, 0.15) is 49.0 Å². The largest absolute Gasteiger partial charge is 0.389 e. The molecule has 1 aromatic carbocycles. The van der Waals surface area contributed by atoms with Gasteiger partial charge in [-0.05, 0) is 30.4 Å². The third kappa shape index (κ3) is 3.37. The van der Waals surface area contributed by atoms with Crippen molar-refractivity contribution in [3.63, 3.8) is 0 Å². The van der Waals surface area contributed by atoms with Crippen LogP contribution in [-0.4, -0.2) is 16.9 Å². The minimum absolute atomic E-state index is 0.00885. The molecule has 1 amide bonds. The molecule has 0 bridgehead atoms. The van der Waals surface area contributed by atoms with Gasteiger partial charge in [-0.2, -0.15) is 0 Å². The van der Waals surface area contributed by atoms with E-state index in [9.17, 15) is 4.79 Å². The fourth-order valence-corrected chi connectivity index (χ4v) is 2.96.